The molecule has 3 rings (SSSR count). The number of amides is 4. The number of nitrogen functional groups attached to an aromatic ring is 2. The fourth-order valence-electron chi connectivity index (χ4n) is 2.94. The fraction of sp³-hybridized carbons (Fsp3) is 0.355. The molecule has 0 saturated heterocycles. The van der Waals surface area contributed by atoms with E-state index < -0.39 is 47.6 Å². The number of nitrogens with zero attached hydrogens (tertiary/aromatic N) is 2. The first kappa shape index (κ1) is 43.2. The zero-order valence-corrected chi connectivity index (χ0v) is 28.2. The van der Waals surface area contributed by atoms with Crippen LogP contribution in [0.15, 0.2) is 60.9 Å². The van der Waals surface area contributed by atoms with Crippen LogP contribution in [0.3, 0.4) is 0 Å². The van der Waals surface area contributed by atoms with E-state index in [-0.39, 0.29) is 17.3 Å². The average Bonchev–Trinajstić information content (AvgIpc) is 2.97. The topological polar surface area (TPSA) is 213 Å². The smallest absolute Gasteiger partial charge is 0.444 e. The van der Waals surface area contributed by atoms with Crippen molar-refractivity contribution in [2.75, 3.05) is 27.4 Å². The molecule has 8 N–H and O–H groups in total. The number of rotatable bonds is 5. The van der Waals surface area contributed by atoms with Gasteiger partial charge >= 0.3 is 36.4 Å². The molecule has 0 aliphatic rings. The maximum Gasteiger partial charge on any atom is 0.471 e. The summed E-state index contributed by atoms with van der Waals surface area (Å²) < 4.78 is 81.4. The normalized spacial score (nSPS) is 11.3. The molecule has 51 heavy (non-hydrogen) atoms. The summed E-state index contributed by atoms with van der Waals surface area (Å²) >= 11 is 0. The summed E-state index contributed by atoms with van der Waals surface area (Å²) in [6.07, 6.45) is -8.80. The van der Waals surface area contributed by atoms with Crippen LogP contribution in [-0.2, 0) is 25.6 Å². The van der Waals surface area contributed by atoms with E-state index in [2.05, 4.69) is 20.6 Å². The third-order valence-electron chi connectivity index (χ3n) is 5.01. The number of anilines is 5. The van der Waals surface area contributed by atoms with Crippen LogP contribution in [0.1, 0.15) is 47.1 Å². The second kappa shape index (κ2) is 18.3. The van der Waals surface area contributed by atoms with Crippen LogP contribution in [0.5, 0.6) is 0 Å². The van der Waals surface area contributed by atoms with Crippen molar-refractivity contribution in [1.82, 2.24) is 15.3 Å². The van der Waals surface area contributed by atoms with Gasteiger partial charge in [-0.1, -0.05) is 12.1 Å². The summed E-state index contributed by atoms with van der Waals surface area (Å²) in [5.41, 5.74) is 11.9. The van der Waals surface area contributed by atoms with E-state index in [9.17, 15) is 45.5 Å². The van der Waals surface area contributed by atoms with Crippen LogP contribution in [0.4, 0.5) is 64.6 Å². The summed E-state index contributed by atoms with van der Waals surface area (Å²) in [5, 5.41) is 8.18. The molecule has 2 aromatic heterocycles. The van der Waals surface area contributed by atoms with Crippen molar-refractivity contribution in [1.29, 1.82) is 0 Å². The minimum absolute atomic E-state index is 0.193. The average molecular weight is 733 g/mol. The van der Waals surface area contributed by atoms with Crippen molar-refractivity contribution in [2.24, 2.45) is 0 Å². The molecule has 0 aliphatic carbocycles. The second-order valence-electron chi connectivity index (χ2n) is 12.0. The van der Waals surface area contributed by atoms with E-state index in [0.29, 0.717) is 17.9 Å². The summed E-state index contributed by atoms with van der Waals surface area (Å²) in [7, 11) is 0. The molecule has 280 valence electrons. The molecule has 14 nitrogen and oxygen atoms in total. The van der Waals surface area contributed by atoms with Gasteiger partial charge < -0.3 is 36.9 Å². The molecule has 4 amide bonds. The molecule has 0 bridgehead atoms. The van der Waals surface area contributed by atoms with Gasteiger partial charge in [0.2, 0.25) is 0 Å². The Hall–Kier alpha value is -5.82. The number of alkyl halides is 6. The molecular weight excluding hydrogens is 694 g/mol. The van der Waals surface area contributed by atoms with Gasteiger partial charge in [-0.3, -0.25) is 14.9 Å². The number of halogens is 6. The molecular formula is C31H38F6N8O6. The number of carbonyl (C=O) groups excluding carboxylic acids is 4. The number of hydrogen-bond acceptors (Lipinski definition) is 10. The first-order valence-electron chi connectivity index (χ1n) is 14.5. The summed E-state index contributed by atoms with van der Waals surface area (Å²) in [5.74, 6) is -4.66. The minimum atomic E-state index is -4.99. The van der Waals surface area contributed by atoms with Gasteiger partial charge in [0, 0.05) is 12.2 Å². The lowest BCUT2D eigenvalue weighted by Gasteiger charge is -2.19. The lowest BCUT2D eigenvalue weighted by atomic mass is 10.2. The first-order valence-corrected chi connectivity index (χ1v) is 14.5. The molecule has 20 heteroatoms. The lowest BCUT2D eigenvalue weighted by molar-refractivity contribution is -0.167. The van der Waals surface area contributed by atoms with Gasteiger partial charge in [-0.05, 0) is 83.5 Å². The third-order valence-corrected chi connectivity index (χ3v) is 5.01. The number of aromatic nitrogens is 2. The van der Waals surface area contributed by atoms with Gasteiger partial charge in [0.05, 0.1) is 23.8 Å². The highest BCUT2D eigenvalue weighted by Crippen LogP contribution is 2.19. The molecule has 0 spiro atoms. The van der Waals surface area contributed by atoms with Crippen LogP contribution in [0, 0.1) is 0 Å². The highest BCUT2D eigenvalue weighted by atomic mass is 19.4. The second-order valence-corrected chi connectivity index (χ2v) is 12.0. The molecule has 0 radical (unpaired) electrons. The summed E-state index contributed by atoms with van der Waals surface area (Å²) in [6.45, 7) is 11.0. The highest BCUT2D eigenvalue weighted by molar-refractivity contribution is 5.94. The van der Waals surface area contributed by atoms with Crippen molar-refractivity contribution >= 4 is 52.7 Å². The molecule has 3 aromatic rings. The molecule has 0 saturated carbocycles. The zero-order chi connectivity index (χ0) is 39.2. The summed E-state index contributed by atoms with van der Waals surface area (Å²) in [6, 6.07) is 12.2. The van der Waals surface area contributed by atoms with E-state index in [1.54, 1.807) is 43.5 Å². The molecule has 0 fully saturated rings. The van der Waals surface area contributed by atoms with Gasteiger partial charge in [0.25, 0.3) is 0 Å². The van der Waals surface area contributed by atoms with Gasteiger partial charge in [0.15, 0.2) is 0 Å². The number of carbonyl (C=O) groups is 4. The Bertz CT molecular complexity index is 1590. The van der Waals surface area contributed by atoms with Crippen molar-refractivity contribution in [2.45, 2.75) is 71.6 Å². The number of pyridine rings is 2. The number of hydrogen-bond donors (Lipinski definition) is 6. The maximum absolute atomic E-state index is 12.0. The van der Waals surface area contributed by atoms with Gasteiger partial charge in [-0.2, -0.15) is 26.3 Å². The first-order chi connectivity index (χ1) is 23.2. The maximum atomic E-state index is 12.0. The zero-order valence-electron chi connectivity index (χ0n) is 28.2. The predicted molar refractivity (Wildman–Crippen MR) is 176 cm³/mol. The highest BCUT2D eigenvalue weighted by Gasteiger charge is 2.39. The van der Waals surface area contributed by atoms with Crippen molar-refractivity contribution < 1.29 is 55.0 Å². The Morgan fingerprint density at radius 3 is 1.43 bits per heavy atom. The van der Waals surface area contributed by atoms with E-state index in [1.165, 1.54) is 18.2 Å². The monoisotopic (exact) mass is 732 g/mol. The van der Waals surface area contributed by atoms with Gasteiger partial charge in [0.1, 0.15) is 22.8 Å². The van der Waals surface area contributed by atoms with Gasteiger partial charge in [-0.25, -0.2) is 19.6 Å². The molecule has 1 aromatic carbocycles. The van der Waals surface area contributed by atoms with Crippen molar-refractivity contribution in [3.8, 4) is 0 Å². The SMILES string of the molecule is CC(C)(C)OC(=O)NCc1ccc(N)cc1.CC(C)(C)OC(=O)Nc1ccc(NC(=O)C(F)(F)F)nc1.Nc1ccc(NC(=O)C(F)(F)F)nc1. The number of ether oxygens (including phenoxy) is 2. The number of alkyl carbamates (subject to hydrolysis) is 1. The van der Waals surface area contributed by atoms with Crippen LogP contribution in [0.2, 0.25) is 0 Å². The molecule has 0 unspecified atom stereocenters. The number of nitrogens with two attached hydrogens (primary N) is 2. The van der Waals surface area contributed by atoms with Crippen LogP contribution in [-0.4, -0.2) is 57.5 Å². The van der Waals surface area contributed by atoms with Gasteiger partial charge in [-0.15, -0.1) is 0 Å². The molecule has 0 aliphatic heterocycles. The van der Waals surface area contributed by atoms with Crippen LogP contribution < -0.4 is 32.7 Å². The number of nitrogens with one attached hydrogen (secondary N) is 4. The van der Waals surface area contributed by atoms with Crippen LogP contribution >= 0.6 is 0 Å². The Morgan fingerprint density at radius 1 is 0.608 bits per heavy atom. The lowest BCUT2D eigenvalue weighted by Crippen LogP contribution is -2.32. The Kier molecular flexibility index (Phi) is 15.5. The van der Waals surface area contributed by atoms with E-state index >= 15 is 0 Å². The van der Waals surface area contributed by atoms with E-state index in [0.717, 1.165) is 24.0 Å². The largest absolute Gasteiger partial charge is 0.471 e. The molecule has 2 heterocycles. The van der Waals surface area contributed by atoms with Crippen molar-refractivity contribution in [3.05, 3.63) is 66.5 Å². The fourth-order valence-corrected chi connectivity index (χ4v) is 2.94. The van der Waals surface area contributed by atoms with E-state index in [4.69, 9.17) is 20.9 Å². The summed E-state index contributed by atoms with van der Waals surface area (Å²) in [4.78, 5) is 50.9. The van der Waals surface area contributed by atoms with E-state index in [1.807, 2.05) is 32.9 Å². The Morgan fingerprint density at radius 2 is 1.04 bits per heavy atom. The van der Waals surface area contributed by atoms with Crippen LogP contribution in [0.25, 0.3) is 0 Å². The quantitative estimate of drug-likeness (QED) is 0.126. The Balaban J connectivity index is 0.000000392. The third kappa shape index (κ3) is 19.7. The number of benzene rings is 1. The minimum Gasteiger partial charge on any atom is -0.444 e. The predicted octanol–water partition coefficient (Wildman–Crippen LogP) is 6.39. The van der Waals surface area contributed by atoms with Crippen molar-refractivity contribution in [3.63, 3.8) is 0 Å². The molecule has 0 atom stereocenters. The Labute approximate surface area is 288 Å². The standard InChI is InChI=1S/C12H14F3N3O3.C12H18N2O2.C7H6F3N3O/c1-11(2,3)21-10(20)17-7-4-5-8(16-6-7)18-9(19)12(13,14)15;1-12(2,3)16-11(15)14-8-9-4-6-10(13)7-5-9;8-7(9,10)6(14)13-5-2-1-4(11)3-12-5/h4-6H,1-3H3,(H,17,20)(H,16,18,19);4-7H,8,13H2,1-3H3,(H,14,15);1-3H,11H2,(H,12,13,14).